The number of aliphatic hydroxyl groups is 1. The summed E-state index contributed by atoms with van der Waals surface area (Å²) in [7, 11) is -3.36. The van der Waals surface area contributed by atoms with Crippen LogP contribution in [0.5, 0.6) is 17.4 Å². The van der Waals surface area contributed by atoms with Gasteiger partial charge in [-0.15, -0.1) is 0 Å². The number of nitrogens with zero attached hydrogens (tertiary/aromatic N) is 5. The molecule has 3 aromatic heterocycles. The predicted octanol–water partition coefficient (Wildman–Crippen LogP) is 8.61. The number of pyridine rings is 2. The number of ether oxygens (including phenoxy) is 3. The minimum absolute atomic E-state index is 0.0138. The van der Waals surface area contributed by atoms with Crippen molar-refractivity contribution in [2.45, 2.75) is 114 Å². The van der Waals surface area contributed by atoms with Gasteiger partial charge in [0.15, 0.2) is 5.75 Å². The molecule has 5 heterocycles. The van der Waals surface area contributed by atoms with Crippen LogP contribution in [0.15, 0.2) is 71.9 Å². The number of H-pyrrole nitrogens is 1. The van der Waals surface area contributed by atoms with Crippen LogP contribution in [0.25, 0.3) is 11.0 Å². The molecule has 1 spiro atoms. The second-order valence-electron chi connectivity index (χ2n) is 20.0. The van der Waals surface area contributed by atoms with Crippen LogP contribution >= 0.6 is 0 Å². The van der Waals surface area contributed by atoms with Crippen molar-refractivity contribution in [2.75, 3.05) is 50.2 Å². The number of methoxy groups -OCH3 is 1. The van der Waals surface area contributed by atoms with E-state index < -0.39 is 42.9 Å². The van der Waals surface area contributed by atoms with Gasteiger partial charge in [0.25, 0.3) is 21.8 Å². The smallest absolute Gasteiger partial charge is 0.312 e. The van der Waals surface area contributed by atoms with Gasteiger partial charge in [0.05, 0.1) is 54.0 Å². The third-order valence-electron chi connectivity index (χ3n) is 14.9. The topological polar surface area (TPSA) is 214 Å². The van der Waals surface area contributed by atoms with Gasteiger partial charge in [0, 0.05) is 61.8 Å². The first-order chi connectivity index (χ1) is 32.9. The Balaban J connectivity index is 0.934. The molecule has 4 fully saturated rings. The first-order valence-corrected chi connectivity index (χ1v) is 25.3. The molecule has 4 N–H and O–H groups in total. The van der Waals surface area contributed by atoms with Crippen LogP contribution in [0.4, 0.5) is 21.6 Å². The first kappa shape index (κ1) is 48.1. The van der Waals surface area contributed by atoms with E-state index in [1.165, 1.54) is 30.4 Å². The monoisotopic (exact) mass is 968 g/mol. The molecule has 17 nitrogen and oxygen atoms in total. The molecule has 5 aromatic rings. The highest BCUT2D eigenvalue weighted by Crippen LogP contribution is 2.54. The molecule has 2 aliphatic heterocycles. The summed E-state index contributed by atoms with van der Waals surface area (Å²) in [6, 6.07) is 16.7. The minimum atomic E-state index is -4.73. The summed E-state index contributed by atoms with van der Waals surface area (Å²) in [4.78, 5) is 41.1. The van der Waals surface area contributed by atoms with Crippen molar-refractivity contribution >= 4 is 44.2 Å². The number of amides is 1. The standard InChI is InChI=1S/C50H61FN8O9S/c1-30(2)36-8-6-7-9-37(36)42-29-67-28-31(3)58(42)34-23-50(24-34)16-18-57(19-17-50)33-10-11-38(43(20-33)68-44-22-39-40(51)27-54-45(39)55-48(44)66-5)47(60)56-69(64,65)35-21-41(59(62)63)46(53-26-35)52-25-32-12-14-49(4,61)15-13-32/h6-11,20-22,26-27,30-32,34,42,61H,12-19,23-25,28-29H2,1-5H3,(H,52,53)(H,54,55)(H,56,60)/t31-,32?,42+,49?/m1/s1. The Hall–Kier alpha value is -5.89. The quantitative estimate of drug-likeness (QED) is 0.0606. The summed E-state index contributed by atoms with van der Waals surface area (Å²) >= 11 is 0. The number of aromatic nitrogens is 3. The lowest BCUT2D eigenvalue weighted by atomic mass is 9.59. The van der Waals surface area contributed by atoms with Gasteiger partial charge in [-0.1, -0.05) is 38.1 Å². The maximum atomic E-state index is 14.8. The molecule has 0 radical (unpaired) electrons. The van der Waals surface area contributed by atoms with E-state index in [-0.39, 0.29) is 63.2 Å². The first-order valence-electron chi connectivity index (χ1n) is 23.8. The number of carbonyl (C=O) groups is 1. The molecule has 0 unspecified atom stereocenters. The summed E-state index contributed by atoms with van der Waals surface area (Å²) in [6.07, 6.45) is 8.78. The summed E-state index contributed by atoms with van der Waals surface area (Å²) in [5.41, 5.74) is 2.31. The van der Waals surface area contributed by atoms with Crippen molar-refractivity contribution in [1.82, 2.24) is 24.6 Å². The predicted molar refractivity (Wildman–Crippen MR) is 258 cm³/mol. The van der Waals surface area contributed by atoms with Crippen LogP contribution in [0.2, 0.25) is 0 Å². The van der Waals surface area contributed by atoms with E-state index in [4.69, 9.17) is 14.2 Å². The van der Waals surface area contributed by atoms with Gasteiger partial charge in [-0.2, -0.15) is 4.98 Å². The summed E-state index contributed by atoms with van der Waals surface area (Å²) in [6.45, 7) is 11.7. The fourth-order valence-electron chi connectivity index (χ4n) is 11.0. The summed E-state index contributed by atoms with van der Waals surface area (Å²) in [5.74, 6) is -1.34. The van der Waals surface area contributed by atoms with Crippen molar-refractivity contribution in [3.05, 3.63) is 99.6 Å². The number of carbonyl (C=O) groups excluding carboxylic acids is 1. The van der Waals surface area contributed by atoms with Crippen molar-refractivity contribution in [2.24, 2.45) is 11.3 Å². The van der Waals surface area contributed by atoms with E-state index in [2.05, 4.69) is 75.1 Å². The van der Waals surface area contributed by atoms with Crippen molar-refractivity contribution in [1.29, 1.82) is 0 Å². The van der Waals surface area contributed by atoms with E-state index >= 15 is 0 Å². The molecule has 69 heavy (non-hydrogen) atoms. The number of piperidine rings is 1. The molecule has 2 atom stereocenters. The molecule has 2 saturated heterocycles. The van der Waals surface area contributed by atoms with Gasteiger partial charge in [-0.25, -0.2) is 22.5 Å². The lowest BCUT2D eigenvalue weighted by molar-refractivity contribution is -0.384. The molecule has 368 valence electrons. The zero-order valence-corrected chi connectivity index (χ0v) is 40.5. The van der Waals surface area contributed by atoms with E-state index in [9.17, 15) is 32.8 Å². The van der Waals surface area contributed by atoms with Crippen LogP contribution < -0.4 is 24.4 Å². The van der Waals surface area contributed by atoms with Crippen molar-refractivity contribution in [3.63, 3.8) is 0 Å². The number of hydrogen-bond donors (Lipinski definition) is 4. The van der Waals surface area contributed by atoms with Gasteiger partial charge < -0.3 is 34.5 Å². The number of halogens is 1. The van der Waals surface area contributed by atoms with Gasteiger partial charge in [0.1, 0.15) is 22.1 Å². The zero-order chi connectivity index (χ0) is 48.8. The highest BCUT2D eigenvalue weighted by molar-refractivity contribution is 7.90. The molecular weight excluding hydrogens is 908 g/mol. The van der Waals surface area contributed by atoms with E-state index in [1.54, 1.807) is 19.1 Å². The Morgan fingerprint density at radius 3 is 2.52 bits per heavy atom. The van der Waals surface area contributed by atoms with Gasteiger partial charge in [-0.05, 0) is 106 Å². The normalized spacial score (nSPS) is 23.2. The van der Waals surface area contributed by atoms with Crippen molar-refractivity contribution in [3.8, 4) is 17.4 Å². The van der Waals surface area contributed by atoms with E-state index in [1.807, 2.05) is 4.72 Å². The zero-order valence-electron chi connectivity index (χ0n) is 39.7. The average molecular weight is 969 g/mol. The summed E-state index contributed by atoms with van der Waals surface area (Å²) in [5, 5.41) is 25.6. The van der Waals surface area contributed by atoms with Gasteiger partial charge in [0.2, 0.25) is 5.82 Å². The molecule has 1 amide bonds. The number of fused-ring (bicyclic) bond motifs is 1. The van der Waals surface area contributed by atoms with Crippen molar-refractivity contribution < 1.29 is 41.8 Å². The van der Waals surface area contributed by atoms with Crippen LogP contribution in [-0.4, -0.2) is 102 Å². The molecule has 19 heteroatoms. The number of nitro groups is 1. The molecule has 4 aliphatic rings. The molecule has 0 bridgehead atoms. The van der Waals surface area contributed by atoms with E-state index in [0.29, 0.717) is 57.4 Å². The third-order valence-corrected chi connectivity index (χ3v) is 16.2. The fraction of sp³-hybridized carbons (Fsp3) is 0.500. The molecule has 9 rings (SSSR count). The highest BCUT2D eigenvalue weighted by atomic mass is 32.2. The number of morpholine rings is 1. The second-order valence-corrected chi connectivity index (χ2v) is 21.7. The second kappa shape index (κ2) is 19.1. The van der Waals surface area contributed by atoms with Gasteiger partial charge in [-0.3, -0.25) is 19.8 Å². The number of aromatic amines is 1. The Morgan fingerprint density at radius 1 is 1.07 bits per heavy atom. The number of rotatable bonds is 14. The lowest BCUT2D eigenvalue weighted by Gasteiger charge is -2.59. The van der Waals surface area contributed by atoms with Crippen LogP contribution in [0, 0.1) is 27.3 Å². The number of nitrogens with one attached hydrogen (secondary N) is 3. The van der Waals surface area contributed by atoms with Gasteiger partial charge >= 0.3 is 5.69 Å². The molecule has 2 aliphatic carbocycles. The fourth-order valence-corrected chi connectivity index (χ4v) is 11.9. The maximum absolute atomic E-state index is 14.8. The summed E-state index contributed by atoms with van der Waals surface area (Å²) < 4.78 is 62.5. The van der Waals surface area contributed by atoms with E-state index in [0.717, 1.165) is 62.9 Å². The van der Waals surface area contributed by atoms with Crippen LogP contribution in [0.1, 0.15) is 113 Å². The number of anilines is 2. The Labute approximate surface area is 401 Å². The Bertz CT molecular complexity index is 2830. The Kier molecular flexibility index (Phi) is 13.3. The Morgan fingerprint density at radius 2 is 1.81 bits per heavy atom. The number of hydrogen-bond acceptors (Lipinski definition) is 14. The molecule has 2 aromatic carbocycles. The largest absolute Gasteiger partial charge is 0.478 e. The SMILES string of the molecule is COc1nc2[nH]cc(F)c2cc1Oc1cc(N2CCC3(CC2)CC(N2[C@H](C)COC[C@H]2c2ccccc2C(C)C)C3)ccc1C(=O)NS(=O)(=O)c1cnc(NCC2CCC(C)(O)CC2)c([N+](=O)[O-])c1. The third kappa shape index (κ3) is 9.96. The lowest BCUT2D eigenvalue weighted by Crippen LogP contribution is -2.60. The maximum Gasteiger partial charge on any atom is 0.312 e. The van der Waals surface area contributed by atoms with Crippen LogP contribution in [0.3, 0.4) is 0 Å². The minimum Gasteiger partial charge on any atom is -0.478 e. The average Bonchev–Trinajstić information content (AvgIpc) is 3.68. The number of sulfonamides is 1. The molecular formula is C50H61FN8O9S. The number of benzene rings is 2. The molecule has 2 saturated carbocycles. The van der Waals surface area contributed by atoms with Crippen LogP contribution in [-0.2, 0) is 14.8 Å². The highest BCUT2D eigenvalue weighted by Gasteiger charge is 2.51.